The van der Waals surface area contributed by atoms with Crippen LogP contribution in [0.15, 0.2) is 24.3 Å². The summed E-state index contributed by atoms with van der Waals surface area (Å²) in [6.07, 6.45) is 0.346. The van der Waals surface area contributed by atoms with Gasteiger partial charge in [-0.1, -0.05) is 12.1 Å². The van der Waals surface area contributed by atoms with Gasteiger partial charge in [-0.25, -0.2) is 4.39 Å². The van der Waals surface area contributed by atoms with Gasteiger partial charge in [-0.15, -0.1) is 0 Å². The standard InChI is InChI=1S/C13H20FN3O/c1-16-13(18)7-12(8-15)17(2)9-10-4-3-5-11(14)6-10/h3-6,12H,7-9,15H2,1-2H3,(H,16,18). The molecule has 0 heterocycles. The summed E-state index contributed by atoms with van der Waals surface area (Å²) in [6.45, 7) is 0.954. The molecule has 1 amide bonds. The summed E-state index contributed by atoms with van der Waals surface area (Å²) in [5, 5.41) is 2.58. The highest BCUT2D eigenvalue weighted by atomic mass is 19.1. The van der Waals surface area contributed by atoms with Crippen LogP contribution in [0.2, 0.25) is 0 Å². The number of nitrogens with zero attached hydrogens (tertiary/aromatic N) is 1. The Kier molecular flexibility index (Phi) is 5.74. The maximum absolute atomic E-state index is 13.1. The van der Waals surface area contributed by atoms with Crippen molar-refractivity contribution in [1.29, 1.82) is 0 Å². The minimum absolute atomic E-state index is 0.0449. The zero-order chi connectivity index (χ0) is 13.5. The van der Waals surface area contributed by atoms with Crippen LogP contribution >= 0.6 is 0 Å². The topological polar surface area (TPSA) is 58.4 Å². The van der Waals surface area contributed by atoms with Gasteiger partial charge in [-0.3, -0.25) is 9.69 Å². The van der Waals surface area contributed by atoms with Gasteiger partial charge in [0.25, 0.3) is 0 Å². The maximum atomic E-state index is 13.1. The lowest BCUT2D eigenvalue weighted by atomic mass is 10.1. The van der Waals surface area contributed by atoms with E-state index in [-0.39, 0.29) is 17.8 Å². The Labute approximate surface area is 107 Å². The third kappa shape index (κ3) is 4.43. The smallest absolute Gasteiger partial charge is 0.221 e. The molecule has 1 aromatic rings. The van der Waals surface area contributed by atoms with Crippen molar-refractivity contribution in [1.82, 2.24) is 10.2 Å². The molecule has 1 atom stereocenters. The van der Waals surface area contributed by atoms with Crippen LogP contribution in [0.3, 0.4) is 0 Å². The van der Waals surface area contributed by atoms with Gasteiger partial charge < -0.3 is 11.1 Å². The normalized spacial score (nSPS) is 12.5. The second-order valence-electron chi connectivity index (χ2n) is 4.31. The first kappa shape index (κ1) is 14.6. The lowest BCUT2D eigenvalue weighted by Crippen LogP contribution is -2.41. The van der Waals surface area contributed by atoms with Crippen LogP contribution in [0, 0.1) is 5.82 Å². The molecule has 5 heteroatoms. The number of likely N-dealkylation sites (N-methyl/N-ethyl adjacent to an activating group) is 1. The van der Waals surface area contributed by atoms with Crippen LogP contribution < -0.4 is 11.1 Å². The summed E-state index contributed by atoms with van der Waals surface area (Å²) < 4.78 is 13.1. The van der Waals surface area contributed by atoms with Crippen molar-refractivity contribution in [2.75, 3.05) is 20.6 Å². The summed E-state index contributed by atoms with van der Waals surface area (Å²) in [6, 6.07) is 6.38. The third-order valence-corrected chi connectivity index (χ3v) is 2.92. The Bertz CT molecular complexity index is 398. The number of nitrogens with one attached hydrogen (secondary N) is 1. The van der Waals surface area contributed by atoms with Crippen LogP contribution in [-0.4, -0.2) is 37.5 Å². The first-order valence-corrected chi connectivity index (χ1v) is 5.92. The molecule has 0 aromatic heterocycles. The van der Waals surface area contributed by atoms with E-state index < -0.39 is 0 Å². The number of hydrogen-bond donors (Lipinski definition) is 2. The molecule has 0 saturated heterocycles. The fourth-order valence-corrected chi connectivity index (χ4v) is 1.79. The summed E-state index contributed by atoms with van der Waals surface area (Å²) in [4.78, 5) is 13.3. The fraction of sp³-hybridized carbons (Fsp3) is 0.462. The minimum atomic E-state index is -0.253. The number of rotatable bonds is 6. The molecule has 1 aromatic carbocycles. The summed E-state index contributed by atoms with van der Waals surface area (Å²) in [7, 11) is 3.48. The van der Waals surface area contributed by atoms with E-state index >= 15 is 0 Å². The van der Waals surface area contributed by atoms with Crippen LogP contribution in [0.25, 0.3) is 0 Å². The quantitative estimate of drug-likeness (QED) is 0.785. The van der Waals surface area contributed by atoms with Gasteiger partial charge >= 0.3 is 0 Å². The zero-order valence-corrected chi connectivity index (χ0v) is 10.8. The van der Waals surface area contributed by atoms with Gasteiger partial charge in [0.1, 0.15) is 5.82 Å². The van der Waals surface area contributed by atoms with Crippen molar-refractivity contribution in [2.24, 2.45) is 5.73 Å². The largest absolute Gasteiger partial charge is 0.359 e. The Morgan fingerprint density at radius 1 is 1.56 bits per heavy atom. The molecular weight excluding hydrogens is 233 g/mol. The number of hydrogen-bond acceptors (Lipinski definition) is 3. The van der Waals surface area contributed by atoms with Gasteiger partial charge in [0.2, 0.25) is 5.91 Å². The highest BCUT2D eigenvalue weighted by molar-refractivity contribution is 5.76. The third-order valence-electron chi connectivity index (χ3n) is 2.92. The van der Waals surface area contributed by atoms with Crippen LogP contribution in [0.1, 0.15) is 12.0 Å². The lowest BCUT2D eigenvalue weighted by molar-refractivity contribution is -0.121. The van der Waals surface area contributed by atoms with Gasteiger partial charge in [0, 0.05) is 32.6 Å². The number of carbonyl (C=O) groups is 1. The molecule has 0 bridgehead atoms. The monoisotopic (exact) mass is 253 g/mol. The Hall–Kier alpha value is -1.46. The summed E-state index contributed by atoms with van der Waals surface area (Å²) >= 11 is 0. The number of amides is 1. The Balaban J connectivity index is 2.61. The molecule has 1 unspecified atom stereocenters. The molecule has 1 rings (SSSR count). The molecule has 0 aliphatic rings. The van der Waals surface area contributed by atoms with Gasteiger partial charge in [-0.2, -0.15) is 0 Å². The van der Waals surface area contributed by atoms with Crippen LogP contribution in [-0.2, 0) is 11.3 Å². The average Bonchev–Trinajstić information content (AvgIpc) is 2.35. The van der Waals surface area contributed by atoms with Crippen molar-refractivity contribution < 1.29 is 9.18 Å². The van der Waals surface area contributed by atoms with E-state index in [9.17, 15) is 9.18 Å². The number of benzene rings is 1. The molecule has 100 valence electrons. The van der Waals surface area contributed by atoms with E-state index in [1.54, 1.807) is 13.1 Å². The van der Waals surface area contributed by atoms with Crippen LogP contribution in [0.5, 0.6) is 0 Å². The van der Waals surface area contributed by atoms with Crippen molar-refractivity contribution in [2.45, 2.75) is 19.0 Å². The van der Waals surface area contributed by atoms with Crippen LogP contribution in [0.4, 0.5) is 4.39 Å². The highest BCUT2D eigenvalue weighted by Crippen LogP contribution is 2.09. The molecule has 3 N–H and O–H groups in total. The molecule has 0 aliphatic carbocycles. The number of halogens is 1. The number of carbonyl (C=O) groups excluding carboxylic acids is 1. The molecule has 0 radical (unpaired) electrons. The fourth-order valence-electron chi connectivity index (χ4n) is 1.79. The Morgan fingerprint density at radius 2 is 2.28 bits per heavy atom. The first-order valence-electron chi connectivity index (χ1n) is 5.92. The second-order valence-corrected chi connectivity index (χ2v) is 4.31. The lowest BCUT2D eigenvalue weighted by Gasteiger charge is -2.26. The minimum Gasteiger partial charge on any atom is -0.359 e. The Morgan fingerprint density at radius 3 is 2.83 bits per heavy atom. The molecule has 0 saturated carbocycles. The maximum Gasteiger partial charge on any atom is 0.221 e. The van der Waals surface area contributed by atoms with Gasteiger partial charge in [0.05, 0.1) is 0 Å². The second kappa shape index (κ2) is 7.08. The van der Waals surface area contributed by atoms with E-state index in [1.807, 2.05) is 18.0 Å². The predicted octanol–water partition coefficient (Wildman–Crippen LogP) is 0.721. The molecule has 18 heavy (non-hydrogen) atoms. The van der Waals surface area contributed by atoms with Crippen molar-refractivity contribution >= 4 is 5.91 Å². The predicted molar refractivity (Wildman–Crippen MR) is 69.4 cm³/mol. The summed E-state index contributed by atoms with van der Waals surface area (Å²) in [5.74, 6) is -0.298. The molecular formula is C13H20FN3O. The molecule has 0 aliphatic heterocycles. The number of nitrogens with two attached hydrogens (primary N) is 1. The van der Waals surface area contributed by atoms with E-state index in [0.717, 1.165) is 5.56 Å². The van der Waals surface area contributed by atoms with Crippen molar-refractivity contribution in [3.63, 3.8) is 0 Å². The average molecular weight is 253 g/mol. The van der Waals surface area contributed by atoms with Crippen molar-refractivity contribution in [3.8, 4) is 0 Å². The van der Waals surface area contributed by atoms with Gasteiger partial charge in [0.15, 0.2) is 0 Å². The van der Waals surface area contributed by atoms with E-state index in [0.29, 0.717) is 19.5 Å². The van der Waals surface area contributed by atoms with Gasteiger partial charge in [-0.05, 0) is 24.7 Å². The molecule has 0 fully saturated rings. The van der Waals surface area contributed by atoms with E-state index in [2.05, 4.69) is 5.32 Å². The van der Waals surface area contributed by atoms with E-state index in [1.165, 1.54) is 12.1 Å². The SMILES string of the molecule is CNC(=O)CC(CN)N(C)Cc1cccc(F)c1. The molecule has 0 spiro atoms. The van der Waals surface area contributed by atoms with Crippen molar-refractivity contribution in [3.05, 3.63) is 35.6 Å². The summed E-state index contributed by atoms with van der Waals surface area (Å²) in [5.41, 5.74) is 6.53. The van der Waals surface area contributed by atoms with E-state index in [4.69, 9.17) is 5.73 Å². The highest BCUT2D eigenvalue weighted by Gasteiger charge is 2.16. The zero-order valence-electron chi connectivity index (χ0n) is 10.8. The molecule has 4 nitrogen and oxygen atoms in total. The first-order chi connectivity index (χ1) is 8.56.